The standard InChI is InChI=1S/C18H26O/c1-15-8-7-12-18(2,3)17(15)14-19-13-11-16-9-5-4-6-10-16/h4-6,9-10,14-15H,7-8,11-13H2,1-3H3/b17-14+. The van der Waals surface area contributed by atoms with Gasteiger partial charge in [0.2, 0.25) is 0 Å². The van der Waals surface area contributed by atoms with Crippen molar-refractivity contribution in [3.8, 4) is 0 Å². The van der Waals surface area contributed by atoms with E-state index in [9.17, 15) is 0 Å². The van der Waals surface area contributed by atoms with Crippen LogP contribution in [0.15, 0.2) is 42.2 Å². The van der Waals surface area contributed by atoms with Gasteiger partial charge in [-0.25, -0.2) is 0 Å². The Hall–Kier alpha value is -1.24. The second-order valence-corrected chi connectivity index (χ2v) is 6.36. The minimum Gasteiger partial charge on any atom is -0.501 e. The third kappa shape index (κ3) is 3.86. The van der Waals surface area contributed by atoms with Crippen LogP contribution in [0, 0.1) is 11.3 Å². The molecular weight excluding hydrogens is 232 g/mol. The summed E-state index contributed by atoms with van der Waals surface area (Å²) in [5, 5.41) is 0. The minimum atomic E-state index is 0.310. The maximum Gasteiger partial charge on any atom is 0.0913 e. The van der Waals surface area contributed by atoms with Crippen LogP contribution in [0.3, 0.4) is 0 Å². The van der Waals surface area contributed by atoms with Gasteiger partial charge < -0.3 is 4.74 Å². The Morgan fingerprint density at radius 3 is 2.68 bits per heavy atom. The van der Waals surface area contributed by atoms with Crippen LogP contribution in [0.1, 0.15) is 45.6 Å². The Morgan fingerprint density at radius 1 is 1.26 bits per heavy atom. The van der Waals surface area contributed by atoms with Gasteiger partial charge >= 0.3 is 0 Å². The first-order valence-electron chi connectivity index (χ1n) is 7.46. The molecule has 19 heavy (non-hydrogen) atoms. The maximum atomic E-state index is 5.82. The van der Waals surface area contributed by atoms with Gasteiger partial charge in [-0.15, -0.1) is 0 Å². The lowest BCUT2D eigenvalue weighted by Crippen LogP contribution is -2.25. The van der Waals surface area contributed by atoms with Crippen molar-refractivity contribution in [3.63, 3.8) is 0 Å². The Labute approximate surface area is 117 Å². The molecule has 0 heterocycles. The summed E-state index contributed by atoms with van der Waals surface area (Å²) in [6.45, 7) is 7.79. The Morgan fingerprint density at radius 2 is 2.00 bits per heavy atom. The lowest BCUT2D eigenvalue weighted by atomic mass is 9.69. The van der Waals surface area contributed by atoms with E-state index in [0.29, 0.717) is 11.3 Å². The molecule has 1 saturated carbocycles. The van der Waals surface area contributed by atoms with Crippen molar-refractivity contribution >= 4 is 0 Å². The first kappa shape index (κ1) is 14.2. The van der Waals surface area contributed by atoms with E-state index in [1.807, 2.05) is 6.26 Å². The lowest BCUT2D eigenvalue weighted by molar-refractivity contribution is 0.218. The number of benzene rings is 1. The van der Waals surface area contributed by atoms with Crippen LogP contribution >= 0.6 is 0 Å². The number of allylic oxidation sites excluding steroid dienone is 1. The average Bonchev–Trinajstić information content (AvgIpc) is 2.38. The van der Waals surface area contributed by atoms with Crippen molar-refractivity contribution < 1.29 is 4.74 Å². The molecule has 1 nitrogen and oxygen atoms in total. The van der Waals surface area contributed by atoms with Gasteiger partial charge in [0, 0.05) is 6.42 Å². The van der Waals surface area contributed by atoms with Gasteiger partial charge in [-0.05, 0) is 35.3 Å². The van der Waals surface area contributed by atoms with Crippen molar-refractivity contribution in [1.82, 2.24) is 0 Å². The summed E-state index contributed by atoms with van der Waals surface area (Å²) in [6, 6.07) is 10.5. The van der Waals surface area contributed by atoms with Crippen molar-refractivity contribution in [1.29, 1.82) is 0 Å². The second-order valence-electron chi connectivity index (χ2n) is 6.36. The highest BCUT2D eigenvalue weighted by Crippen LogP contribution is 2.43. The fourth-order valence-corrected chi connectivity index (χ4v) is 3.06. The van der Waals surface area contributed by atoms with Gasteiger partial charge in [0.1, 0.15) is 0 Å². The fraction of sp³-hybridized carbons (Fsp3) is 0.556. The van der Waals surface area contributed by atoms with Gasteiger partial charge in [-0.3, -0.25) is 0 Å². The molecule has 0 amide bonds. The smallest absolute Gasteiger partial charge is 0.0913 e. The maximum absolute atomic E-state index is 5.82. The van der Waals surface area contributed by atoms with Crippen LogP contribution < -0.4 is 0 Å². The second kappa shape index (κ2) is 6.27. The van der Waals surface area contributed by atoms with E-state index >= 15 is 0 Å². The van der Waals surface area contributed by atoms with E-state index in [4.69, 9.17) is 4.74 Å². The minimum absolute atomic E-state index is 0.310. The van der Waals surface area contributed by atoms with Crippen molar-refractivity contribution in [2.45, 2.75) is 46.5 Å². The average molecular weight is 258 g/mol. The molecule has 0 bridgehead atoms. The number of ether oxygens (including phenoxy) is 1. The van der Waals surface area contributed by atoms with E-state index in [1.54, 1.807) is 0 Å². The number of hydrogen-bond acceptors (Lipinski definition) is 1. The summed E-state index contributed by atoms with van der Waals surface area (Å²) in [5.41, 5.74) is 3.15. The van der Waals surface area contributed by atoms with E-state index in [-0.39, 0.29) is 0 Å². The van der Waals surface area contributed by atoms with E-state index in [1.165, 1.54) is 30.4 Å². The summed E-state index contributed by atoms with van der Waals surface area (Å²) in [6.07, 6.45) is 6.96. The number of rotatable bonds is 4. The summed E-state index contributed by atoms with van der Waals surface area (Å²) in [7, 11) is 0. The SMILES string of the molecule is CC1CCCC(C)(C)/C1=C/OCCc1ccccc1. The summed E-state index contributed by atoms with van der Waals surface area (Å²) in [5.74, 6) is 0.667. The molecule has 0 aliphatic heterocycles. The van der Waals surface area contributed by atoms with E-state index in [2.05, 4.69) is 51.1 Å². The van der Waals surface area contributed by atoms with Gasteiger partial charge in [0.25, 0.3) is 0 Å². The fourth-order valence-electron chi connectivity index (χ4n) is 3.06. The normalized spacial score (nSPS) is 24.4. The Kier molecular flexibility index (Phi) is 4.68. The zero-order valence-corrected chi connectivity index (χ0v) is 12.5. The highest BCUT2D eigenvalue weighted by Gasteiger charge is 2.31. The van der Waals surface area contributed by atoms with Crippen LogP contribution in [-0.2, 0) is 11.2 Å². The molecule has 1 aliphatic rings. The molecule has 1 fully saturated rings. The molecule has 1 atom stereocenters. The molecule has 1 aliphatic carbocycles. The zero-order valence-electron chi connectivity index (χ0n) is 12.5. The molecule has 1 aromatic carbocycles. The first-order valence-corrected chi connectivity index (χ1v) is 7.46. The zero-order chi connectivity index (χ0) is 13.7. The van der Waals surface area contributed by atoms with E-state index in [0.717, 1.165) is 13.0 Å². The van der Waals surface area contributed by atoms with Crippen LogP contribution in [0.25, 0.3) is 0 Å². The molecule has 1 unspecified atom stereocenters. The van der Waals surface area contributed by atoms with Crippen molar-refractivity contribution in [2.24, 2.45) is 11.3 Å². The molecule has 1 heteroatoms. The Balaban J connectivity index is 1.87. The largest absolute Gasteiger partial charge is 0.501 e. The third-order valence-corrected chi connectivity index (χ3v) is 4.31. The predicted octanol–water partition coefficient (Wildman–Crippen LogP) is 4.98. The summed E-state index contributed by atoms with van der Waals surface area (Å²) in [4.78, 5) is 0. The summed E-state index contributed by atoms with van der Waals surface area (Å²) < 4.78 is 5.82. The molecular formula is C18H26O. The first-order chi connectivity index (χ1) is 9.09. The molecule has 1 aromatic rings. The molecule has 0 saturated heterocycles. The van der Waals surface area contributed by atoms with Crippen molar-refractivity contribution in [3.05, 3.63) is 47.7 Å². The highest BCUT2D eigenvalue weighted by atomic mass is 16.5. The number of hydrogen-bond donors (Lipinski definition) is 0. The molecule has 0 N–H and O–H groups in total. The van der Waals surface area contributed by atoms with Gasteiger partial charge in [-0.1, -0.05) is 57.5 Å². The predicted molar refractivity (Wildman–Crippen MR) is 81.0 cm³/mol. The molecule has 0 radical (unpaired) electrons. The lowest BCUT2D eigenvalue weighted by Gasteiger charge is -2.36. The van der Waals surface area contributed by atoms with Gasteiger partial charge in [0.15, 0.2) is 0 Å². The van der Waals surface area contributed by atoms with Gasteiger partial charge in [-0.2, -0.15) is 0 Å². The van der Waals surface area contributed by atoms with E-state index < -0.39 is 0 Å². The summed E-state index contributed by atoms with van der Waals surface area (Å²) >= 11 is 0. The third-order valence-electron chi connectivity index (χ3n) is 4.31. The van der Waals surface area contributed by atoms with Crippen molar-refractivity contribution in [2.75, 3.05) is 6.61 Å². The quantitative estimate of drug-likeness (QED) is 0.547. The molecule has 0 spiro atoms. The topological polar surface area (TPSA) is 9.23 Å². The molecule has 104 valence electrons. The van der Waals surface area contributed by atoms with Crippen LogP contribution in [0.2, 0.25) is 0 Å². The Bertz CT molecular complexity index is 417. The van der Waals surface area contributed by atoms with Gasteiger partial charge in [0.05, 0.1) is 12.9 Å². The molecule has 0 aromatic heterocycles. The van der Waals surface area contributed by atoms with Crippen LogP contribution in [-0.4, -0.2) is 6.61 Å². The highest BCUT2D eigenvalue weighted by molar-refractivity contribution is 5.16. The van der Waals surface area contributed by atoms with Crippen LogP contribution in [0.4, 0.5) is 0 Å². The van der Waals surface area contributed by atoms with Crippen LogP contribution in [0.5, 0.6) is 0 Å². The molecule has 2 rings (SSSR count). The monoisotopic (exact) mass is 258 g/mol.